The molecule has 1 heterocycles. The molecule has 0 radical (unpaired) electrons. The average molecular weight is 248 g/mol. The maximum Gasteiger partial charge on any atom is 0.197 e. The number of rotatable bonds is 2. The van der Waals surface area contributed by atoms with E-state index >= 15 is 0 Å². The Morgan fingerprint density at radius 2 is 1.94 bits per heavy atom. The van der Waals surface area contributed by atoms with Crippen molar-refractivity contribution in [3.63, 3.8) is 0 Å². The highest BCUT2D eigenvalue weighted by Gasteiger charge is 2.17. The summed E-state index contributed by atoms with van der Waals surface area (Å²) in [7, 11) is 0. The van der Waals surface area contributed by atoms with Crippen LogP contribution in [-0.4, -0.2) is 11.1 Å². The van der Waals surface area contributed by atoms with E-state index in [9.17, 15) is 0 Å². The van der Waals surface area contributed by atoms with E-state index in [4.69, 9.17) is 18.0 Å². The third-order valence-electron chi connectivity index (χ3n) is 2.70. The molecule has 17 heavy (non-hydrogen) atoms. The topological polar surface area (TPSA) is 62.4 Å². The van der Waals surface area contributed by atoms with Crippen LogP contribution < -0.4 is 16.4 Å². The SMILES string of the molecule is CC(C)c1ccc([C@H]2N=C(N)NC(=S)N2)cc1. The predicted octanol–water partition coefficient (Wildman–Crippen LogP) is 1.60. The molecule has 1 aromatic rings. The molecular formula is C12H16N4S. The summed E-state index contributed by atoms with van der Waals surface area (Å²) < 4.78 is 0. The van der Waals surface area contributed by atoms with Gasteiger partial charge in [0.25, 0.3) is 0 Å². The number of nitrogens with one attached hydrogen (secondary N) is 2. The lowest BCUT2D eigenvalue weighted by Crippen LogP contribution is -2.49. The summed E-state index contributed by atoms with van der Waals surface area (Å²) in [6, 6.07) is 8.33. The smallest absolute Gasteiger partial charge is 0.197 e. The quantitative estimate of drug-likeness (QED) is 0.696. The van der Waals surface area contributed by atoms with Gasteiger partial charge in [0.1, 0.15) is 6.17 Å². The number of aliphatic imine (C=N–C) groups is 1. The van der Waals surface area contributed by atoms with Crippen LogP contribution >= 0.6 is 12.2 Å². The molecule has 0 aromatic heterocycles. The van der Waals surface area contributed by atoms with Gasteiger partial charge in [-0.2, -0.15) is 0 Å². The number of benzene rings is 1. The van der Waals surface area contributed by atoms with Crippen LogP contribution in [0, 0.1) is 0 Å². The Morgan fingerprint density at radius 3 is 2.47 bits per heavy atom. The maximum absolute atomic E-state index is 5.64. The minimum Gasteiger partial charge on any atom is -0.370 e. The van der Waals surface area contributed by atoms with E-state index in [1.54, 1.807) is 0 Å². The predicted molar refractivity (Wildman–Crippen MR) is 73.8 cm³/mol. The molecule has 1 aromatic carbocycles. The van der Waals surface area contributed by atoms with E-state index in [0.717, 1.165) is 5.56 Å². The molecule has 0 saturated carbocycles. The third-order valence-corrected chi connectivity index (χ3v) is 2.92. The molecule has 0 aliphatic carbocycles. The molecule has 2 rings (SSSR count). The van der Waals surface area contributed by atoms with Gasteiger partial charge in [0.15, 0.2) is 11.1 Å². The van der Waals surface area contributed by atoms with Crippen molar-refractivity contribution in [1.82, 2.24) is 10.6 Å². The van der Waals surface area contributed by atoms with E-state index < -0.39 is 0 Å². The summed E-state index contributed by atoms with van der Waals surface area (Å²) in [4.78, 5) is 4.26. The maximum atomic E-state index is 5.64. The Balaban J connectivity index is 2.23. The fraction of sp³-hybridized carbons (Fsp3) is 0.333. The van der Waals surface area contributed by atoms with E-state index in [0.29, 0.717) is 17.0 Å². The first-order chi connectivity index (χ1) is 8.06. The molecular weight excluding hydrogens is 232 g/mol. The second kappa shape index (κ2) is 4.71. The molecule has 5 heteroatoms. The van der Waals surface area contributed by atoms with Crippen LogP contribution in [0.1, 0.15) is 37.1 Å². The molecule has 90 valence electrons. The first-order valence-electron chi connectivity index (χ1n) is 5.57. The third kappa shape index (κ3) is 2.74. The van der Waals surface area contributed by atoms with Crippen molar-refractivity contribution in [2.45, 2.75) is 25.9 Å². The van der Waals surface area contributed by atoms with Crippen molar-refractivity contribution < 1.29 is 0 Å². The standard InChI is InChI=1S/C12H16N4S/c1-7(2)8-3-5-9(6-4-8)10-14-11(13)16-12(17)15-10/h3-7,10H,1-2H3,(H4,13,14,15,16,17)/t10-/m0/s1. The molecule has 0 spiro atoms. The Bertz CT molecular complexity index is 450. The summed E-state index contributed by atoms with van der Waals surface area (Å²) in [6.45, 7) is 4.34. The normalized spacial score (nSPS) is 19.6. The minimum absolute atomic E-state index is 0.190. The lowest BCUT2D eigenvalue weighted by atomic mass is 10.0. The fourth-order valence-corrected chi connectivity index (χ4v) is 1.92. The molecule has 0 fully saturated rings. The number of hydrogen-bond acceptors (Lipinski definition) is 3. The van der Waals surface area contributed by atoms with Gasteiger partial charge < -0.3 is 16.4 Å². The van der Waals surface area contributed by atoms with Crippen LogP contribution in [0.4, 0.5) is 0 Å². The zero-order valence-electron chi connectivity index (χ0n) is 9.90. The molecule has 0 saturated heterocycles. The molecule has 1 aliphatic rings. The number of nitrogens with zero attached hydrogens (tertiary/aromatic N) is 1. The van der Waals surface area contributed by atoms with Crippen molar-refractivity contribution in [3.8, 4) is 0 Å². The lowest BCUT2D eigenvalue weighted by molar-refractivity contribution is 0.659. The van der Waals surface area contributed by atoms with Crippen LogP contribution in [0.15, 0.2) is 29.3 Å². The zero-order valence-corrected chi connectivity index (χ0v) is 10.7. The Kier molecular flexibility index (Phi) is 3.28. The van der Waals surface area contributed by atoms with Gasteiger partial charge in [-0.25, -0.2) is 4.99 Å². The van der Waals surface area contributed by atoms with Gasteiger partial charge >= 0.3 is 0 Å². The van der Waals surface area contributed by atoms with E-state index in [-0.39, 0.29) is 6.17 Å². The molecule has 1 aliphatic heterocycles. The average Bonchev–Trinajstić information content (AvgIpc) is 2.28. The van der Waals surface area contributed by atoms with Gasteiger partial charge in [0.2, 0.25) is 0 Å². The first kappa shape index (κ1) is 11.9. The highest BCUT2D eigenvalue weighted by Crippen LogP contribution is 2.20. The number of nitrogens with two attached hydrogens (primary N) is 1. The molecule has 1 atom stereocenters. The largest absolute Gasteiger partial charge is 0.370 e. The van der Waals surface area contributed by atoms with Gasteiger partial charge in [-0.3, -0.25) is 0 Å². The van der Waals surface area contributed by atoms with Crippen molar-refractivity contribution in [3.05, 3.63) is 35.4 Å². The first-order valence-corrected chi connectivity index (χ1v) is 5.97. The van der Waals surface area contributed by atoms with Crippen molar-refractivity contribution in [1.29, 1.82) is 0 Å². The van der Waals surface area contributed by atoms with Crippen LogP contribution in [-0.2, 0) is 0 Å². The highest BCUT2D eigenvalue weighted by molar-refractivity contribution is 7.80. The molecule has 4 nitrogen and oxygen atoms in total. The minimum atomic E-state index is -0.190. The summed E-state index contributed by atoms with van der Waals surface area (Å²) in [5.41, 5.74) is 8.01. The van der Waals surface area contributed by atoms with Crippen LogP contribution in [0.5, 0.6) is 0 Å². The van der Waals surface area contributed by atoms with Crippen LogP contribution in [0.2, 0.25) is 0 Å². The Hall–Kier alpha value is -1.62. The Labute approximate surface area is 106 Å². The van der Waals surface area contributed by atoms with Crippen molar-refractivity contribution in [2.75, 3.05) is 0 Å². The van der Waals surface area contributed by atoms with Crippen molar-refractivity contribution >= 4 is 23.3 Å². The summed E-state index contributed by atoms with van der Waals surface area (Å²) in [6.07, 6.45) is -0.190. The van der Waals surface area contributed by atoms with Gasteiger partial charge in [-0.05, 0) is 29.3 Å². The zero-order chi connectivity index (χ0) is 12.4. The highest BCUT2D eigenvalue weighted by atomic mass is 32.1. The molecule has 0 amide bonds. The monoisotopic (exact) mass is 248 g/mol. The summed E-state index contributed by atoms with van der Waals surface area (Å²) in [5, 5.41) is 6.33. The number of thiocarbonyl (C=S) groups is 1. The van der Waals surface area contributed by atoms with E-state index in [2.05, 4.69) is 53.7 Å². The van der Waals surface area contributed by atoms with Crippen molar-refractivity contribution in [2.24, 2.45) is 10.7 Å². The van der Waals surface area contributed by atoms with E-state index in [1.807, 2.05) is 0 Å². The van der Waals surface area contributed by atoms with Gasteiger partial charge in [0.05, 0.1) is 0 Å². The Morgan fingerprint density at radius 1 is 1.29 bits per heavy atom. The fourth-order valence-electron chi connectivity index (χ4n) is 1.70. The molecule has 0 unspecified atom stereocenters. The van der Waals surface area contributed by atoms with E-state index in [1.165, 1.54) is 5.56 Å². The molecule has 4 N–H and O–H groups in total. The molecule has 0 bridgehead atoms. The van der Waals surface area contributed by atoms with Crippen LogP contribution in [0.25, 0.3) is 0 Å². The lowest BCUT2D eigenvalue weighted by Gasteiger charge is -2.23. The van der Waals surface area contributed by atoms with Gasteiger partial charge in [-0.1, -0.05) is 38.1 Å². The number of hydrogen-bond donors (Lipinski definition) is 3. The summed E-state index contributed by atoms with van der Waals surface area (Å²) in [5.74, 6) is 0.881. The second-order valence-electron chi connectivity index (χ2n) is 4.34. The van der Waals surface area contributed by atoms with Crippen LogP contribution in [0.3, 0.4) is 0 Å². The second-order valence-corrected chi connectivity index (χ2v) is 4.74. The number of guanidine groups is 1. The van der Waals surface area contributed by atoms with Gasteiger partial charge in [0, 0.05) is 0 Å². The summed E-state index contributed by atoms with van der Waals surface area (Å²) >= 11 is 5.04. The van der Waals surface area contributed by atoms with Gasteiger partial charge in [-0.15, -0.1) is 0 Å².